The maximum atomic E-state index is 12.9. The van der Waals surface area contributed by atoms with Crippen molar-refractivity contribution < 1.29 is 14.4 Å². The Bertz CT molecular complexity index is 880. The van der Waals surface area contributed by atoms with E-state index in [0.717, 1.165) is 34.6 Å². The number of fused-ring (bicyclic) bond motifs is 1. The number of carbonyl (C=O) groups is 3. The number of thiophene rings is 1. The molecule has 0 bridgehead atoms. The highest BCUT2D eigenvalue weighted by Crippen LogP contribution is 2.31. The van der Waals surface area contributed by atoms with Gasteiger partial charge in [0.25, 0.3) is 5.91 Å². The van der Waals surface area contributed by atoms with E-state index in [4.69, 9.17) is 0 Å². The second-order valence-corrected chi connectivity index (χ2v) is 7.52. The van der Waals surface area contributed by atoms with Crippen molar-refractivity contribution in [3.63, 3.8) is 0 Å². The van der Waals surface area contributed by atoms with Crippen LogP contribution in [0, 0.1) is 0 Å². The minimum Gasteiger partial charge on any atom is -0.319 e. The zero-order valence-electron chi connectivity index (χ0n) is 14.4. The Balaban J connectivity index is 1.56. The smallest absolute Gasteiger partial charge is 0.319 e. The summed E-state index contributed by atoms with van der Waals surface area (Å²) in [6, 6.07) is 9.06. The predicted octanol–water partition coefficient (Wildman–Crippen LogP) is 2.49. The summed E-state index contributed by atoms with van der Waals surface area (Å²) in [4.78, 5) is 40.8. The van der Waals surface area contributed by atoms with E-state index >= 15 is 0 Å². The minimum absolute atomic E-state index is 0.241. The molecule has 134 valence electrons. The Kier molecular flexibility index (Phi) is 4.03. The summed E-state index contributed by atoms with van der Waals surface area (Å²) in [7, 11) is 0. The fourth-order valence-corrected chi connectivity index (χ4v) is 4.36. The lowest BCUT2D eigenvalue weighted by Crippen LogP contribution is -2.45. The molecule has 1 N–H and O–H groups in total. The first-order valence-electron chi connectivity index (χ1n) is 8.56. The monoisotopic (exact) mass is 369 g/mol. The van der Waals surface area contributed by atoms with Crippen molar-refractivity contribution in [3.8, 4) is 0 Å². The third kappa shape index (κ3) is 2.59. The van der Waals surface area contributed by atoms with Crippen molar-refractivity contribution in [2.75, 3.05) is 18.0 Å². The van der Waals surface area contributed by atoms with Crippen molar-refractivity contribution in [1.29, 1.82) is 0 Å². The number of carbonyl (C=O) groups excluding carboxylic acids is 3. The molecule has 1 aromatic heterocycles. The average Bonchev–Trinajstić information content (AvgIpc) is 3.26. The first-order valence-corrected chi connectivity index (χ1v) is 9.50. The summed E-state index contributed by atoms with van der Waals surface area (Å²) < 4.78 is 0. The van der Waals surface area contributed by atoms with E-state index < -0.39 is 11.6 Å². The fraction of sp³-hybridized carbons (Fsp3) is 0.316. The molecule has 2 aromatic rings. The van der Waals surface area contributed by atoms with Gasteiger partial charge in [-0.2, -0.15) is 11.3 Å². The van der Waals surface area contributed by atoms with Gasteiger partial charge < -0.3 is 10.2 Å². The lowest BCUT2D eigenvalue weighted by molar-refractivity contribution is -0.134. The van der Waals surface area contributed by atoms with Gasteiger partial charge in [0, 0.05) is 12.2 Å². The van der Waals surface area contributed by atoms with Crippen molar-refractivity contribution >= 4 is 34.9 Å². The molecule has 1 saturated heterocycles. The van der Waals surface area contributed by atoms with Crippen LogP contribution in [0.2, 0.25) is 0 Å². The SMILES string of the molecule is CC1(c2ccsc2)NC(=O)N(CC(=O)N2CCCc3ccccc32)C1=O. The maximum Gasteiger partial charge on any atom is 0.325 e. The lowest BCUT2D eigenvalue weighted by atomic mass is 9.95. The van der Waals surface area contributed by atoms with Crippen LogP contribution in [-0.2, 0) is 21.5 Å². The number of anilines is 1. The van der Waals surface area contributed by atoms with Crippen LogP contribution < -0.4 is 10.2 Å². The molecule has 4 rings (SSSR count). The highest BCUT2D eigenvalue weighted by atomic mass is 32.1. The van der Waals surface area contributed by atoms with E-state index in [-0.39, 0.29) is 18.4 Å². The molecule has 7 heteroatoms. The summed E-state index contributed by atoms with van der Waals surface area (Å²) in [6.45, 7) is 2.02. The van der Waals surface area contributed by atoms with Gasteiger partial charge in [0.2, 0.25) is 5.91 Å². The number of aryl methyl sites for hydroxylation is 1. The summed E-state index contributed by atoms with van der Waals surface area (Å²) >= 11 is 1.46. The fourth-order valence-electron chi connectivity index (χ4n) is 3.60. The van der Waals surface area contributed by atoms with E-state index in [0.29, 0.717) is 6.54 Å². The number of hydrogen-bond donors (Lipinski definition) is 1. The summed E-state index contributed by atoms with van der Waals surface area (Å²) in [5.41, 5.74) is 1.61. The zero-order valence-corrected chi connectivity index (χ0v) is 15.2. The van der Waals surface area contributed by atoms with Crippen LogP contribution in [0.1, 0.15) is 24.5 Å². The van der Waals surface area contributed by atoms with E-state index in [9.17, 15) is 14.4 Å². The topological polar surface area (TPSA) is 69.7 Å². The Morgan fingerprint density at radius 2 is 2.08 bits per heavy atom. The van der Waals surface area contributed by atoms with Crippen LogP contribution in [0.4, 0.5) is 10.5 Å². The summed E-state index contributed by atoms with van der Waals surface area (Å²) in [6.07, 6.45) is 1.80. The molecular formula is C19H19N3O3S. The zero-order chi connectivity index (χ0) is 18.3. The molecule has 6 nitrogen and oxygen atoms in total. The first-order chi connectivity index (χ1) is 12.5. The normalized spacial score (nSPS) is 22.3. The molecule has 0 aliphatic carbocycles. The molecule has 2 aliphatic heterocycles. The number of nitrogens with one attached hydrogen (secondary N) is 1. The first kappa shape index (κ1) is 16.8. The number of imide groups is 1. The summed E-state index contributed by atoms with van der Waals surface area (Å²) in [5, 5.41) is 6.43. The molecule has 0 spiro atoms. The number of hydrogen-bond acceptors (Lipinski definition) is 4. The van der Waals surface area contributed by atoms with Gasteiger partial charge in [-0.05, 0) is 53.8 Å². The average molecular weight is 369 g/mol. The number of para-hydroxylation sites is 1. The lowest BCUT2D eigenvalue weighted by Gasteiger charge is -2.30. The molecule has 1 aromatic carbocycles. The van der Waals surface area contributed by atoms with Crippen molar-refractivity contribution in [3.05, 3.63) is 52.2 Å². The van der Waals surface area contributed by atoms with Crippen molar-refractivity contribution in [2.24, 2.45) is 0 Å². The Labute approximate surface area is 155 Å². The predicted molar refractivity (Wildman–Crippen MR) is 99.0 cm³/mol. The van der Waals surface area contributed by atoms with Gasteiger partial charge in [0.05, 0.1) is 0 Å². The number of amides is 4. The minimum atomic E-state index is -1.11. The highest BCUT2D eigenvalue weighted by molar-refractivity contribution is 7.08. The van der Waals surface area contributed by atoms with Crippen molar-refractivity contribution in [1.82, 2.24) is 10.2 Å². The second-order valence-electron chi connectivity index (χ2n) is 6.74. The molecular weight excluding hydrogens is 350 g/mol. The standard InChI is InChI=1S/C19H19N3O3S/c1-19(14-8-10-26-12-14)17(24)22(18(25)20-19)11-16(23)21-9-4-6-13-5-2-3-7-15(13)21/h2-3,5,7-8,10,12H,4,6,9,11H2,1H3,(H,20,25). The number of rotatable bonds is 3. The Morgan fingerprint density at radius 3 is 2.85 bits per heavy atom. The maximum absolute atomic E-state index is 12.9. The van der Waals surface area contributed by atoms with Gasteiger partial charge in [0.1, 0.15) is 12.1 Å². The largest absolute Gasteiger partial charge is 0.325 e. The molecule has 1 atom stereocenters. The van der Waals surface area contributed by atoms with E-state index in [1.54, 1.807) is 11.8 Å². The molecule has 4 amide bonds. The number of urea groups is 1. The van der Waals surface area contributed by atoms with Crippen LogP contribution in [0.5, 0.6) is 0 Å². The number of nitrogens with zero attached hydrogens (tertiary/aromatic N) is 2. The molecule has 1 unspecified atom stereocenters. The molecule has 1 fully saturated rings. The molecule has 0 saturated carbocycles. The van der Waals surface area contributed by atoms with Gasteiger partial charge in [-0.25, -0.2) is 4.79 Å². The Hall–Kier alpha value is -2.67. The molecule has 2 aliphatic rings. The number of benzene rings is 1. The van der Waals surface area contributed by atoms with Crippen LogP contribution in [0.15, 0.2) is 41.1 Å². The third-order valence-electron chi connectivity index (χ3n) is 5.08. The van der Waals surface area contributed by atoms with Gasteiger partial charge in [-0.1, -0.05) is 18.2 Å². The van der Waals surface area contributed by atoms with Crippen LogP contribution in [-0.4, -0.2) is 35.8 Å². The van der Waals surface area contributed by atoms with Crippen LogP contribution >= 0.6 is 11.3 Å². The summed E-state index contributed by atoms with van der Waals surface area (Å²) in [5.74, 6) is -0.630. The van der Waals surface area contributed by atoms with Crippen LogP contribution in [0.3, 0.4) is 0 Å². The molecule has 0 radical (unpaired) electrons. The van der Waals surface area contributed by atoms with Crippen LogP contribution in [0.25, 0.3) is 0 Å². The van der Waals surface area contributed by atoms with Gasteiger partial charge in [0.15, 0.2) is 0 Å². The van der Waals surface area contributed by atoms with Gasteiger partial charge in [-0.3, -0.25) is 14.5 Å². The molecule has 3 heterocycles. The van der Waals surface area contributed by atoms with E-state index in [1.165, 1.54) is 11.3 Å². The second kappa shape index (κ2) is 6.25. The quantitative estimate of drug-likeness (QED) is 0.845. The molecule has 26 heavy (non-hydrogen) atoms. The highest BCUT2D eigenvalue weighted by Gasteiger charge is 2.50. The Morgan fingerprint density at radius 1 is 1.27 bits per heavy atom. The van der Waals surface area contributed by atoms with Gasteiger partial charge in [-0.15, -0.1) is 0 Å². The third-order valence-corrected chi connectivity index (χ3v) is 5.76. The van der Waals surface area contributed by atoms with Gasteiger partial charge >= 0.3 is 6.03 Å². The van der Waals surface area contributed by atoms with E-state index in [2.05, 4.69) is 5.32 Å². The van der Waals surface area contributed by atoms with Crippen molar-refractivity contribution in [2.45, 2.75) is 25.3 Å². The van der Waals surface area contributed by atoms with E-state index in [1.807, 2.05) is 41.1 Å².